The maximum Gasteiger partial charge on any atom is 0.254 e. The molecule has 1 saturated heterocycles. The summed E-state index contributed by atoms with van der Waals surface area (Å²) in [5, 5.41) is 0. The van der Waals surface area contributed by atoms with E-state index >= 15 is 0 Å². The second-order valence-electron chi connectivity index (χ2n) is 6.66. The van der Waals surface area contributed by atoms with E-state index in [-0.39, 0.29) is 29.8 Å². The topological polar surface area (TPSA) is 98.3 Å². The van der Waals surface area contributed by atoms with Gasteiger partial charge >= 0.3 is 0 Å². The van der Waals surface area contributed by atoms with Crippen molar-refractivity contribution in [3.05, 3.63) is 52.6 Å². The van der Waals surface area contributed by atoms with Crippen molar-refractivity contribution >= 4 is 11.8 Å². The number of hydrogen-bond donors (Lipinski definition) is 1. The van der Waals surface area contributed by atoms with E-state index in [1.807, 2.05) is 31.2 Å². The van der Waals surface area contributed by atoms with Gasteiger partial charge in [-0.15, -0.1) is 0 Å². The highest BCUT2D eigenvalue weighted by Crippen LogP contribution is 2.17. The van der Waals surface area contributed by atoms with Gasteiger partial charge in [-0.25, -0.2) is 4.98 Å². The maximum atomic E-state index is 12.4. The Balaban J connectivity index is 1.67. The van der Waals surface area contributed by atoms with Crippen molar-refractivity contribution in [1.82, 2.24) is 14.5 Å². The van der Waals surface area contributed by atoms with Crippen LogP contribution in [0.5, 0.6) is 0 Å². The fourth-order valence-corrected chi connectivity index (χ4v) is 3.09. The molecule has 0 unspecified atom stereocenters. The van der Waals surface area contributed by atoms with Crippen molar-refractivity contribution in [1.29, 1.82) is 0 Å². The summed E-state index contributed by atoms with van der Waals surface area (Å²) in [6, 6.07) is 9.19. The Kier molecular flexibility index (Phi) is 5.16. The van der Waals surface area contributed by atoms with Crippen LogP contribution in [0, 0.1) is 12.8 Å². The van der Waals surface area contributed by atoms with E-state index in [0.29, 0.717) is 31.6 Å². The summed E-state index contributed by atoms with van der Waals surface area (Å²) in [6.45, 7) is 2.90. The number of amides is 2. The first-order valence-corrected chi connectivity index (χ1v) is 8.64. The van der Waals surface area contributed by atoms with Crippen LogP contribution in [0.4, 0.5) is 0 Å². The van der Waals surface area contributed by atoms with Crippen LogP contribution in [-0.4, -0.2) is 39.4 Å². The standard InChI is InChI=1S/C19H22N4O3/c1-13-2-4-14(5-3-13)16-10-17(24)23(12-21-16)11-18(25)22-8-6-15(7-9-22)19(20)26/h2-5,10,12,15H,6-9,11H2,1H3,(H2,20,26). The molecule has 0 atom stereocenters. The maximum absolute atomic E-state index is 12.4. The SMILES string of the molecule is Cc1ccc(-c2cc(=O)n(CC(=O)N3CCC(C(N)=O)CC3)cn2)cc1. The third-order valence-electron chi connectivity index (χ3n) is 4.78. The zero-order chi connectivity index (χ0) is 18.7. The first kappa shape index (κ1) is 17.8. The summed E-state index contributed by atoms with van der Waals surface area (Å²) in [4.78, 5) is 41.9. The fourth-order valence-electron chi connectivity index (χ4n) is 3.09. The molecule has 1 aliphatic heterocycles. The molecule has 0 aliphatic carbocycles. The van der Waals surface area contributed by atoms with Crippen LogP contribution >= 0.6 is 0 Å². The van der Waals surface area contributed by atoms with Gasteiger partial charge in [0.2, 0.25) is 11.8 Å². The molecular formula is C19H22N4O3. The van der Waals surface area contributed by atoms with E-state index in [1.165, 1.54) is 17.0 Å². The van der Waals surface area contributed by atoms with Crippen molar-refractivity contribution in [2.45, 2.75) is 26.3 Å². The van der Waals surface area contributed by atoms with Crippen molar-refractivity contribution in [2.24, 2.45) is 11.7 Å². The lowest BCUT2D eigenvalue weighted by molar-refractivity contribution is -0.135. The summed E-state index contributed by atoms with van der Waals surface area (Å²) in [5.41, 5.74) is 7.62. The number of piperidine rings is 1. The van der Waals surface area contributed by atoms with Gasteiger partial charge in [-0.2, -0.15) is 0 Å². The Bertz CT molecular complexity index is 865. The summed E-state index contributed by atoms with van der Waals surface area (Å²) < 4.78 is 1.31. The summed E-state index contributed by atoms with van der Waals surface area (Å²) in [7, 11) is 0. The number of carbonyl (C=O) groups excluding carboxylic acids is 2. The number of carbonyl (C=O) groups is 2. The molecule has 0 bridgehead atoms. The average Bonchev–Trinajstić information content (AvgIpc) is 2.64. The molecule has 7 nitrogen and oxygen atoms in total. The first-order valence-electron chi connectivity index (χ1n) is 8.64. The molecule has 2 heterocycles. The molecule has 0 spiro atoms. The van der Waals surface area contributed by atoms with Gasteiger partial charge < -0.3 is 10.6 Å². The molecule has 2 aromatic rings. The second kappa shape index (κ2) is 7.51. The summed E-state index contributed by atoms with van der Waals surface area (Å²) in [6.07, 6.45) is 2.55. The Morgan fingerprint density at radius 2 is 1.85 bits per heavy atom. The molecule has 0 saturated carbocycles. The number of benzene rings is 1. The Morgan fingerprint density at radius 3 is 2.42 bits per heavy atom. The molecule has 1 aromatic carbocycles. The zero-order valence-corrected chi connectivity index (χ0v) is 14.7. The predicted molar refractivity (Wildman–Crippen MR) is 97.2 cm³/mol. The molecular weight excluding hydrogens is 332 g/mol. The molecule has 2 N–H and O–H groups in total. The number of likely N-dealkylation sites (tertiary alicyclic amines) is 1. The minimum absolute atomic E-state index is 0.0543. The lowest BCUT2D eigenvalue weighted by Crippen LogP contribution is -2.43. The monoisotopic (exact) mass is 354 g/mol. The number of aromatic nitrogens is 2. The van der Waals surface area contributed by atoms with Gasteiger partial charge in [-0.3, -0.25) is 19.0 Å². The highest BCUT2D eigenvalue weighted by atomic mass is 16.2. The lowest BCUT2D eigenvalue weighted by atomic mass is 9.96. The summed E-state index contributed by atoms with van der Waals surface area (Å²) in [5.74, 6) is -0.638. The fraction of sp³-hybridized carbons (Fsp3) is 0.368. The molecule has 7 heteroatoms. The second-order valence-corrected chi connectivity index (χ2v) is 6.66. The minimum Gasteiger partial charge on any atom is -0.369 e. The zero-order valence-electron chi connectivity index (χ0n) is 14.7. The molecule has 26 heavy (non-hydrogen) atoms. The van der Waals surface area contributed by atoms with Crippen LogP contribution in [0.1, 0.15) is 18.4 Å². The van der Waals surface area contributed by atoms with Gasteiger partial charge in [0, 0.05) is 30.6 Å². The number of hydrogen-bond acceptors (Lipinski definition) is 4. The molecule has 2 amide bonds. The van der Waals surface area contributed by atoms with Crippen LogP contribution in [0.15, 0.2) is 41.5 Å². The molecule has 1 fully saturated rings. The van der Waals surface area contributed by atoms with Crippen LogP contribution < -0.4 is 11.3 Å². The predicted octanol–water partition coefficient (Wildman–Crippen LogP) is 0.943. The smallest absolute Gasteiger partial charge is 0.254 e. The van der Waals surface area contributed by atoms with Crippen molar-refractivity contribution in [3.63, 3.8) is 0 Å². The van der Waals surface area contributed by atoms with Crippen molar-refractivity contribution < 1.29 is 9.59 Å². The van der Waals surface area contributed by atoms with Crippen LogP contribution in [-0.2, 0) is 16.1 Å². The van der Waals surface area contributed by atoms with Crippen LogP contribution in [0.2, 0.25) is 0 Å². The van der Waals surface area contributed by atoms with E-state index in [4.69, 9.17) is 5.73 Å². The van der Waals surface area contributed by atoms with E-state index in [1.54, 1.807) is 4.90 Å². The number of nitrogens with zero attached hydrogens (tertiary/aromatic N) is 3. The lowest BCUT2D eigenvalue weighted by Gasteiger charge is -2.30. The minimum atomic E-state index is -0.316. The van der Waals surface area contributed by atoms with E-state index in [0.717, 1.165) is 11.1 Å². The van der Waals surface area contributed by atoms with Crippen LogP contribution in [0.3, 0.4) is 0 Å². The van der Waals surface area contributed by atoms with Gasteiger partial charge in [-0.05, 0) is 19.8 Å². The normalized spacial score (nSPS) is 15.0. The largest absolute Gasteiger partial charge is 0.369 e. The quantitative estimate of drug-likeness (QED) is 0.883. The van der Waals surface area contributed by atoms with Crippen LogP contribution in [0.25, 0.3) is 11.3 Å². The molecule has 1 aliphatic rings. The number of primary amides is 1. The van der Waals surface area contributed by atoms with E-state index in [9.17, 15) is 14.4 Å². The van der Waals surface area contributed by atoms with Gasteiger partial charge in [0.1, 0.15) is 6.54 Å². The van der Waals surface area contributed by atoms with Gasteiger partial charge in [-0.1, -0.05) is 29.8 Å². The van der Waals surface area contributed by atoms with Gasteiger partial charge in [0.05, 0.1) is 12.0 Å². The number of rotatable bonds is 4. The summed E-state index contributed by atoms with van der Waals surface area (Å²) >= 11 is 0. The molecule has 0 radical (unpaired) electrons. The number of aryl methyl sites for hydroxylation is 1. The highest BCUT2D eigenvalue weighted by Gasteiger charge is 2.26. The highest BCUT2D eigenvalue weighted by molar-refractivity contribution is 5.78. The first-order chi connectivity index (χ1) is 12.4. The Morgan fingerprint density at radius 1 is 1.19 bits per heavy atom. The van der Waals surface area contributed by atoms with Gasteiger partial charge in [0.15, 0.2) is 0 Å². The Hall–Kier alpha value is -2.96. The van der Waals surface area contributed by atoms with Crippen molar-refractivity contribution in [2.75, 3.05) is 13.1 Å². The Labute approximate surface area is 151 Å². The average molecular weight is 354 g/mol. The van der Waals surface area contributed by atoms with E-state index < -0.39 is 0 Å². The third kappa shape index (κ3) is 3.99. The molecule has 1 aromatic heterocycles. The van der Waals surface area contributed by atoms with Gasteiger partial charge in [0.25, 0.3) is 5.56 Å². The number of nitrogens with two attached hydrogens (primary N) is 1. The van der Waals surface area contributed by atoms with E-state index in [2.05, 4.69) is 4.98 Å². The van der Waals surface area contributed by atoms with Crippen molar-refractivity contribution in [3.8, 4) is 11.3 Å². The third-order valence-corrected chi connectivity index (χ3v) is 4.78. The molecule has 136 valence electrons. The molecule has 3 rings (SSSR count).